The topological polar surface area (TPSA) is 58.4 Å². The molecule has 1 rings (SSSR count). The van der Waals surface area contributed by atoms with E-state index in [1.807, 2.05) is 14.1 Å². The molecule has 0 spiro atoms. The minimum Gasteiger partial charge on any atom is -0.368 e. The molecule has 19 heavy (non-hydrogen) atoms. The summed E-state index contributed by atoms with van der Waals surface area (Å²) in [5.41, 5.74) is 5.23. The number of hydrogen-bond acceptors (Lipinski definition) is 3. The van der Waals surface area contributed by atoms with Crippen molar-refractivity contribution in [3.63, 3.8) is 0 Å². The van der Waals surface area contributed by atoms with Crippen LogP contribution in [0.15, 0.2) is 0 Å². The smallest absolute Gasteiger partial charge is 0.237 e. The predicted octanol–water partition coefficient (Wildman–Crippen LogP) is 1.60. The lowest BCUT2D eigenvalue weighted by atomic mass is 9.72. The summed E-state index contributed by atoms with van der Waals surface area (Å²) in [7, 11) is 4.09. The normalized spacial score (nSPS) is 28.0. The van der Waals surface area contributed by atoms with Gasteiger partial charge in [-0.15, -0.1) is 0 Å². The first-order valence-electron chi connectivity index (χ1n) is 7.55. The average Bonchev–Trinajstić information content (AvgIpc) is 2.27. The predicted molar refractivity (Wildman–Crippen MR) is 79.9 cm³/mol. The highest BCUT2D eigenvalue weighted by molar-refractivity contribution is 5.84. The highest BCUT2D eigenvalue weighted by atomic mass is 16.1. The van der Waals surface area contributed by atoms with Crippen LogP contribution in [0.1, 0.15) is 46.0 Å². The van der Waals surface area contributed by atoms with Crippen molar-refractivity contribution < 1.29 is 4.79 Å². The Kier molecular flexibility index (Phi) is 6.27. The molecule has 1 aliphatic rings. The van der Waals surface area contributed by atoms with Gasteiger partial charge in [0, 0.05) is 13.1 Å². The van der Waals surface area contributed by atoms with Gasteiger partial charge in [0.15, 0.2) is 0 Å². The Bertz CT molecular complexity index is 291. The summed E-state index contributed by atoms with van der Waals surface area (Å²) in [6, 6.07) is 0. The van der Waals surface area contributed by atoms with Gasteiger partial charge in [0.25, 0.3) is 0 Å². The van der Waals surface area contributed by atoms with Crippen LogP contribution in [0.25, 0.3) is 0 Å². The quantitative estimate of drug-likeness (QED) is 0.738. The molecule has 4 heteroatoms. The molecule has 0 aromatic rings. The third-order valence-corrected chi connectivity index (χ3v) is 4.15. The van der Waals surface area contributed by atoms with Crippen molar-refractivity contribution in [1.29, 1.82) is 0 Å². The van der Waals surface area contributed by atoms with Gasteiger partial charge >= 0.3 is 0 Å². The lowest BCUT2D eigenvalue weighted by Gasteiger charge is -2.40. The molecule has 0 radical (unpaired) electrons. The van der Waals surface area contributed by atoms with Crippen molar-refractivity contribution in [2.24, 2.45) is 17.6 Å². The first-order valence-corrected chi connectivity index (χ1v) is 7.55. The summed E-state index contributed by atoms with van der Waals surface area (Å²) in [5.74, 6) is 1.16. The molecule has 112 valence electrons. The number of nitrogens with zero attached hydrogens (tertiary/aromatic N) is 1. The van der Waals surface area contributed by atoms with Crippen LogP contribution in [0.2, 0.25) is 0 Å². The molecule has 1 saturated carbocycles. The molecule has 0 aromatic carbocycles. The van der Waals surface area contributed by atoms with E-state index in [1.54, 1.807) is 0 Å². The maximum Gasteiger partial charge on any atom is 0.237 e. The van der Waals surface area contributed by atoms with Gasteiger partial charge in [-0.25, -0.2) is 0 Å². The SMILES string of the molecule is CC(C)CC1CCCC(NCCN(C)C)(C(N)=O)C1. The van der Waals surface area contributed by atoms with E-state index < -0.39 is 5.54 Å². The molecule has 0 aromatic heterocycles. The van der Waals surface area contributed by atoms with Crippen LogP contribution in [0.3, 0.4) is 0 Å². The van der Waals surface area contributed by atoms with E-state index in [9.17, 15) is 4.79 Å². The first kappa shape index (κ1) is 16.4. The summed E-state index contributed by atoms with van der Waals surface area (Å²) >= 11 is 0. The zero-order valence-corrected chi connectivity index (χ0v) is 13.0. The molecular weight excluding hydrogens is 238 g/mol. The molecule has 0 aliphatic heterocycles. The van der Waals surface area contributed by atoms with Gasteiger partial charge in [0.1, 0.15) is 0 Å². The van der Waals surface area contributed by atoms with Gasteiger partial charge in [-0.1, -0.05) is 26.7 Å². The van der Waals surface area contributed by atoms with E-state index in [1.165, 1.54) is 12.8 Å². The van der Waals surface area contributed by atoms with Crippen LogP contribution in [-0.2, 0) is 4.79 Å². The second-order valence-corrected chi connectivity index (χ2v) is 6.77. The Balaban J connectivity index is 2.61. The molecule has 1 aliphatic carbocycles. The molecule has 2 unspecified atom stereocenters. The van der Waals surface area contributed by atoms with Gasteiger partial charge < -0.3 is 16.0 Å². The van der Waals surface area contributed by atoms with E-state index in [0.717, 1.165) is 32.4 Å². The number of rotatable bonds is 7. The second-order valence-electron chi connectivity index (χ2n) is 6.77. The minimum atomic E-state index is -0.464. The van der Waals surface area contributed by atoms with Crippen LogP contribution in [-0.4, -0.2) is 43.5 Å². The van der Waals surface area contributed by atoms with E-state index >= 15 is 0 Å². The average molecular weight is 269 g/mol. The van der Waals surface area contributed by atoms with Crippen molar-refractivity contribution in [3.05, 3.63) is 0 Å². The van der Waals surface area contributed by atoms with Crippen LogP contribution in [0, 0.1) is 11.8 Å². The Hall–Kier alpha value is -0.610. The summed E-state index contributed by atoms with van der Waals surface area (Å²) in [6.45, 7) is 6.26. The van der Waals surface area contributed by atoms with Crippen molar-refractivity contribution in [3.8, 4) is 0 Å². The fourth-order valence-corrected chi connectivity index (χ4v) is 3.25. The third kappa shape index (κ3) is 5.11. The number of carbonyl (C=O) groups excluding carboxylic acids is 1. The van der Waals surface area contributed by atoms with Crippen LogP contribution in [0.4, 0.5) is 0 Å². The van der Waals surface area contributed by atoms with E-state index in [0.29, 0.717) is 11.8 Å². The minimum absolute atomic E-state index is 0.167. The zero-order chi connectivity index (χ0) is 14.5. The second kappa shape index (κ2) is 7.25. The Morgan fingerprint density at radius 1 is 1.47 bits per heavy atom. The van der Waals surface area contributed by atoms with Crippen molar-refractivity contribution >= 4 is 5.91 Å². The lowest BCUT2D eigenvalue weighted by molar-refractivity contribution is -0.126. The maximum atomic E-state index is 11.9. The number of nitrogens with one attached hydrogen (secondary N) is 1. The summed E-state index contributed by atoms with van der Waals surface area (Å²) < 4.78 is 0. The maximum absolute atomic E-state index is 11.9. The lowest BCUT2D eigenvalue weighted by Crippen LogP contribution is -2.59. The molecule has 2 atom stereocenters. The zero-order valence-electron chi connectivity index (χ0n) is 13.0. The molecule has 3 N–H and O–H groups in total. The molecule has 0 bridgehead atoms. The monoisotopic (exact) mass is 269 g/mol. The number of nitrogens with two attached hydrogens (primary N) is 1. The van der Waals surface area contributed by atoms with E-state index in [4.69, 9.17) is 5.73 Å². The van der Waals surface area contributed by atoms with Crippen molar-refractivity contribution in [2.75, 3.05) is 27.2 Å². The highest BCUT2D eigenvalue weighted by Crippen LogP contribution is 2.35. The number of carbonyl (C=O) groups is 1. The standard InChI is InChI=1S/C15H31N3O/c1-12(2)10-13-6-5-7-15(11-13,14(16)19)17-8-9-18(3)4/h12-13,17H,5-11H2,1-4H3,(H2,16,19). The number of hydrogen-bond donors (Lipinski definition) is 2. The van der Waals surface area contributed by atoms with Crippen LogP contribution >= 0.6 is 0 Å². The molecule has 1 fully saturated rings. The van der Waals surface area contributed by atoms with E-state index in [-0.39, 0.29) is 5.91 Å². The van der Waals surface area contributed by atoms with E-state index in [2.05, 4.69) is 24.1 Å². The summed E-state index contributed by atoms with van der Waals surface area (Å²) in [4.78, 5) is 14.1. The van der Waals surface area contributed by atoms with Crippen molar-refractivity contribution in [2.45, 2.75) is 51.5 Å². The van der Waals surface area contributed by atoms with Crippen molar-refractivity contribution in [1.82, 2.24) is 10.2 Å². The largest absolute Gasteiger partial charge is 0.368 e. The molecule has 0 heterocycles. The Morgan fingerprint density at radius 2 is 2.16 bits per heavy atom. The third-order valence-electron chi connectivity index (χ3n) is 4.15. The first-order chi connectivity index (χ1) is 8.85. The van der Waals surface area contributed by atoms with Gasteiger partial charge in [0.2, 0.25) is 5.91 Å². The Morgan fingerprint density at radius 3 is 2.68 bits per heavy atom. The number of amides is 1. The fraction of sp³-hybridized carbons (Fsp3) is 0.933. The fourth-order valence-electron chi connectivity index (χ4n) is 3.25. The van der Waals surface area contributed by atoms with Gasteiger partial charge in [-0.05, 0) is 45.2 Å². The van der Waals surface area contributed by atoms with Crippen LogP contribution in [0.5, 0.6) is 0 Å². The van der Waals surface area contributed by atoms with Gasteiger partial charge in [0.05, 0.1) is 5.54 Å². The molecular formula is C15H31N3O. The highest BCUT2D eigenvalue weighted by Gasteiger charge is 2.40. The summed E-state index contributed by atoms with van der Waals surface area (Å²) in [6.07, 6.45) is 5.35. The summed E-state index contributed by atoms with van der Waals surface area (Å²) in [5, 5.41) is 3.45. The van der Waals surface area contributed by atoms with Gasteiger partial charge in [-0.2, -0.15) is 0 Å². The Labute approximate surface area is 118 Å². The number of likely N-dealkylation sites (N-methyl/N-ethyl adjacent to an activating group) is 1. The van der Waals surface area contributed by atoms with Gasteiger partial charge in [-0.3, -0.25) is 4.79 Å². The number of primary amides is 1. The molecule has 0 saturated heterocycles. The molecule has 1 amide bonds. The van der Waals surface area contributed by atoms with Crippen LogP contribution < -0.4 is 11.1 Å². The molecule has 4 nitrogen and oxygen atoms in total.